The molecule has 3 heterocycles. The van der Waals surface area contributed by atoms with Crippen LogP contribution >= 0.6 is 15.9 Å². The highest BCUT2D eigenvalue weighted by Gasteiger charge is 2.55. The third kappa shape index (κ3) is 9.80. The fourth-order valence-corrected chi connectivity index (χ4v) is 21.1. The van der Waals surface area contributed by atoms with Crippen molar-refractivity contribution in [1.29, 1.82) is 0 Å². The van der Waals surface area contributed by atoms with E-state index in [4.69, 9.17) is 18.1 Å². The summed E-state index contributed by atoms with van der Waals surface area (Å²) in [5.41, 5.74) is 31.5. The second kappa shape index (κ2) is 25.8. The van der Waals surface area contributed by atoms with Gasteiger partial charge in [-0.15, -0.1) is 0 Å². The quantitative estimate of drug-likeness (QED) is 0.130. The molecule has 6 heteroatoms. The summed E-state index contributed by atoms with van der Waals surface area (Å²) in [6.07, 6.45) is 0. The second-order valence-electron chi connectivity index (χ2n) is 32.2. The molecule has 25 rings (SSSR count). The van der Waals surface area contributed by atoms with Crippen LogP contribution in [0.4, 0.5) is 0 Å². The molecule has 18 aromatic carbocycles. The van der Waals surface area contributed by atoms with Crippen molar-refractivity contribution in [2.45, 2.75) is 57.2 Å². The average Bonchev–Trinajstić information content (AvgIpc) is 1.51. The molecule has 4 aliphatic carbocycles. The van der Waals surface area contributed by atoms with Crippen molar-refractivity contribution in [3.63, 3.8) is 0 Å². The minimum atomic E-state index is -0.427. The minimum Gasteiger partial charge on any atom is -0.456 e. The second-order valence-corrected chi connectivity index (χ2v) is 33.0. The van der Waals surface area contributed by atoms with E-state index in [-0.39, 0.29) is 12.8 Å². The molecule has 0 atom stereocenters. The van der Waals surface area contributed by atoms with Gasteiger partial charge in [0.25, 0.3) is 0 Å². The normalized spacial score (nSPS) is 14.8. The molecule has 115 heavy (non-hydrogen) atoms. The predicted molar refractivity (Wildman–Crippen MR) is 483 cm³/mol. The van der Waals surface area contributed by atoms with Gasteiger partial charge in [0, 0.05) is 26.0 Å². The molecule has 20 aromatic rings. The number of hydrogen-bond donors (Lipinski definition) is 0. The Labute approximate surface area is 676 Å². The van der Waals surface area contributed by atoms with E-state index in [1.165, 1.54) is 164 Å². The lowest BCUT2D eigenvalue weighted by Crippen LogP contribution is -2.41. The highest BCUT2D eigenvalue weighted by Crippen LogP contribution is 2.66. The van der Waals surface area contributed by atoms with Crippen LogP contribution in [-0.4, -0.2) is 18.3 Å². The van der Waals surface area contributed by atoms with Crippen LogP contribution in [0.1, 0.15) is 79.6 Å². The maximum atomic E-state index is 6.93. The number of hydrogen-bond acceptors (Lipinski definition) is 4. The van der Waals surface area contributed by atoms with Crippen molar-refractivity contribution in [3.05, 3.63) is 413 Å². The maximum Gasteiger partial charge on any atom is 0.494 e. The summed E-state index contributed by atoms with van der Waals surface area (Å²) in [5, 5.41) is 14.6. The first-order valence-corrected chi connectivity index (χ1v) is 40.3. The highest BCUT2D eigenvalue weighted by atomic mass is 79.9. The molecule has 1 fully saturated rings. The number of fused-ring (bicyclic) bond motifs is 30. The standard InChI is InChI=1S/C51H30O.C37H29BO3.C20H13Br.CH4/c1-2-14-31(15-3-1)49-37-19-4-6-21-39(37)50(40-22-7-5-20-38(40)49)32-26-27-36-42-29-41-35-18-10-13-25-45(35)51(46(41)30-48(42)52-47(36)28-32)43-23-11-8-16-33(43)34-17-9-12-24-44(34)51;1-35(2)36(3,4)41-38(40-35)22-17-18-26-28-20-27-25-13-7-10-16-31(25)37(32(27)21-34(28)39-33(26)19-22)29-14-8-5-11-23(29)24-12-6-9-15-30(24)37;21-20-17-12-6-4-10-15(17)19(14-8-2-1-3-9-14)16-11-5-7-13-18(16)20;/h1-30H;5-21H,1-4H3;1-13H;1H4. The fraction of sp³-hybridized carbons (Fsp3) is 0.0826. The molecule has 0 saturated carbocycles. The zero-order valence-corrected chi connectivity index (χ0v) is 64.8. The zero-order valence-electron chi connectivity index (χ0n) is 63.2. The van der Waals surface area contributed by atoms with Gasteiger partial charge in [0.1, 0.15) is 22.3 Å². The van der Waals surface area contributed by atoms with Gasteiger partial charge in [-0.25, -0.2) is 0 Å². The smallest absolute Gasteiger partial charge is 0.456 e. The van der Waals surface area contributed by atoms with E-state index in [1.807, 2.05) is 0 Å². The predicted octanol–water partition coefficient (Wildman–Crippen LogP) is 28.9. The van der Waals surface area contributed by atoms with Gasteiger partial charge in [0.15, 0.2) is 0 Å². The van der Waals surface area contributed by atoms with Gasteiger partial charge in [-0.05, 0) is 257 Å². The van der Waals surface area contributed by atoms with Crippen LogP contribution in [0.25, 0.3) is 165 Å². The Hall–Kier alpha value is -12.9. The molecule has 1 saturated heterocycles. The molecular formula is C109H76BBrO4. The van der Waals surface area contributed by atoms with Gasteiger partial charge in [-0.2, -0.15) is 0 Å². The molecule has 2 spiro atoms. The molecule has 2 aromatic heterocycles. The maximum absolute atomic E-state index is 6.93. The SMILES string of the molecule is Brc1c2ccccc2c(-c2ccccc2)c2ccccc12.C.CC1(C)OB(c2ccc3c(c2)oc2cc4c(cc23)-c2ccccc2C42c3ccccc3-c3ccccc32)OC1(C)C.c1ccc(-c2c3ccccc3c(-c3ccc4c(c3)oc3cc5c(cc34)-c3ccccc3C53c4ccccc4-c4ccccc43)c3ccccc23)cc1. The monoisotopic (exact) mass is 1540 g/mol. The Morgan fingerprint density at radius 3 is 0.870 bits per heavy atom. The fourth-order valence-electron chi connectivity index (χ4n) is 20.4. The molecule has 0 bridgehead atoms. The van der Waals surface area contributed by atoms with Crippen LogP contribution in [0.3, 0.4) is 0 Å². The first-order valence-electron chi connectivity index (χ1n) is 39.6. The Morgan fingerprint density at radius 2 is 0.504 bits per heavy atom. The molecule has 0 unspecified atom stereocenters. The first-order chi connectivity index (χ1) is 56.0. The van der Waals surface area contributed by atoms with Gasteiger partial charge in [0.2, 0.25) is 0 Å². The van der Waals surface area contributed by atoms with Crippen molar-refractivity contribution in [1.82, 2.24) is 0 Å². The summed E-state index contributed by atoms with van der Waals surface area (Å²) >= 11 is 3.79. The van der Waals surface area contributed by atoms with Gasteiger partial charge in [0.05, 0.1) is 22.0 Å². The van der Waals surface area contributed by atoms with Gasteiger partial charge >= 0.3 is 7.12 Å². The summed E-state index contributed by atoms with van der Waals surface area (Å²) < 4.78 is 27.4. The summed E-state index contributed by atoms with van der Waals surface area (Å²) in [6, 6.07) is 132. The van der Waals surface area contributed by atoms with E-state index >= 15 is 0 Å². The van der Waals surface area contributed by atoms with Crippen LogP contribution in [0.15, 0.2) is 377 Å². The van der Waals surface area contributed by atoms with E-state index in [1.54, 1.807) is 0 Å². The first kappa shape index (κ1) is 68.8. The number of furan rings is 2. The van der Waals surface area contributed by atoms with E-state index in [0.29, 0.717) is 0 Å². The number of benzene rings is 18. The van der Waals surface area contributed by atoms with Crippen molar-refractivity contribution in [2.24, 2.45) is 0 Å². The van der Waals surface area contributed by atoms with E-state index < -0.39 is 23.7 Å². The average molecular weight is 1540 g/mol. The number of rotatable bonds is 4. The number of halogens is 1. The Bertz CT molecular complexity index is 7250. The van der Waals surface area contributed by atoms with Crippen molar-refractivity contribution in [3.8, 4) is 77.9 Å². The minimum absolute atomic E-state index is 0. The Balaban J connectivity index is 0.000000113. The van der Waals surface area contributed by atoms with E-state index in [0.717, 1.165) is 54.9 Å². The van der Waals surface area contributed by atoms with Gasteiger partial charge in [-0.3, -0.25) is 0 Å². The van der Waals surface area contributed by atoms with Crippen molar-refractivity contribution >= 4 is 115 Å². The molecule has 0 radical (unpaired) electrons. The summed E-state index contributed by atoms with van der Waals surface area (Å²) in [7, 11) is -0.427. The summed E-state index contributed by atoms with van der Waals surface area (Å²) in [4.78, 5) is 0. The topological polar surface area (TPSA) is 44.7 Å². The third-order valence-electron chi connectivity index (χ3n) is 25.9. The summed E-state index contributed by atoms with van der Waals surface area (Å²) in [5.74, 6) is 0. The molecule has 546 valence electrons. The highest BCUT2D eigenvalue weighted by molar-refractivity contribution is 9.10. The molecule has 0 N–H and O–H groups in total. The van der Waals surface area contributed by atoms with Gasteiger partial charge < -0.3 is 18.1 Å². The van der Waals surface area contributed by atoms with Crippen molar-refractivity contribution in [2.75, 3.05) is 0 Å². The Morgan fingerprint density at radius 1 is 0.226 bits per heavy atom. The molecular weight excluding hydrogens is 1460 g/mol. The van der Waals surface area contributed by atoms with Crippen molar-refractivity contribution < 1.29 is 18.1 Å². The lowest BCUT2D eigenvalue weighted by atomic mass is 9.70. The lowest BCUT2D eigenvalue weighted by molar-refractivity contribution is 0.00578. The third-order valence-corrected chi connectivity index (χ3v) is 26.8. The van der Waals surface area contributed by atoms with Gasteiger partial charge in [-0.1, -0.05) is 329 Å². The Kier molecular flexibility index (Phi) is 15.4. The van der Waals surface area contributed by atoms with E-state index in [9.17, 15) is 0 Å². The zero-order chi connectivity index (χ0) is 75.9. The molecule has 1 aliphatic heterocycles. The lowest BCUT2D eigenvalue weighted by Gasteiger charge is -2.32. The van der Waals surface area contributed by atoms with Crippen LogP contribution in [0.5, 0.6) is 0 Å². The van der Waals surface area contributed by atoms with Crippen LogP contribution in [0.2, 0.25) is 0 Å². The molecule has 0 amide bonds. The molecule has 5 aliphatic rings. The van der Waals surface area contributed by atoms with Crippen LogP contribution in [-0.2, 0) is 20.1 Å². The molecule has 4 nitrogen and oxygen atoms in total. The van der Waals surface area contributed by atoms with E-state index in [2.05, 4.69) is 408 Å². The largest absolute Gasteiger partial charge is 0.494 e. The summed E-state index contributed by atoms with van der Waals surface area (Å²) in [6.45, 7) is 8.34. The van der Waals surface area contributed by atoms with Crippen LogP contribution in [0, 0.1) is 0 Å². The van der Waals surface area contributed by atoms with Crippen LogP contribution < -0.4 is 5.46 Å².